The predicted octanol–water partition coefficient (Wildman–Crippen LogP) is 3.05. The number of pyridine rings is 1. The minimum atomic E-state index is -0.391. The third-order valence-corrected chi connectivity index (χ3v) is 3.35. The first-order valence-electron chi connectivity index (χ1n) is 5.61. The van der Waals surface area contributed by atoms with Crippen LogP contribution in [0.25, 0.3) is 0 Å². The van der Waals surface area contributed by atoms with Crippen molar-refractivity contribution in [2.45, 2.75) is 6.61 Å². The Morgan fingerprint density at radius 2 is 2.05 bits per heavy atom. The van der Waals surface area contributed by atoms with Crippen LogP contribution in [-0.2, 0) is 11.3 Å². The fourth-order valence-corrected chi connectivity index (χ4v) is 2.01. The van der Waals surface area contributed by atoms with Gasteiger partial charge in [0.15, 0.2) is 0 Å². The van der Waals surface area contributed by atoms with Crippen LogP contribution in [-0.4, -0.2) is 18.1 Å². The van der Waals surface area contributed by atoms with Crippen LogP contribution in [0.4, 0.5) is 0 Å². The van der Waals surface area contributed by atoms with Gasteiger partial charge in [-0.05, 0) is 46.9 Å². The highest BCUT2D eigenvalue weighted by Crippen LogP contribution is 2.20. The van der Waals surface area contributed by atoms with Gasteiger partial charge in [0.2, 0.25) is 0 Å². The van der Waals surface area contributed by atoms with E-state index in [4.69, 9.17) is 4.74 Å². The summed E-state index contributed by atoms with van der Waals surface area (Å²) in [6, 6.07) is 11.2. The Labute approximate surface area is 124 Å². The number of benzene rings is 1. The SMILES string of the molecule is COC(=O)c1ccc(COc2ccccc2I)nc1. The molecule has 0 atom stereocenters. The van der Waals surface area contributed by atoms with Crippen molar-refractivity contribution in [3.05, 3.63) is 57.4 Å². The Hall–Kier alpha value is -1.63. The van der Waals surface area contributed by atoms with Crippen molar-refractivity contribution in [2.24, 2.45) is 0 Å². The summed E-state index contributed by atoms with van der Waals surface area (Å²) in [5, 5.41) is 0. The summed E-state index contributed by atoms with van der Waals surface area (Å²) >= 11 is 2.22. The van der Waals surface area contributed by atoms with Gasteiger partial charge in [-0.3, -0.25) is 4.98 Å². The van der Waals surface area contributed by atoms with E-state index in [2.05, 4.69) is 32.3 Å². The molecule has 4 nitrogen and oxygen atoms in total. The molecule has 19 heavy (non-hydrogen) atoms. The highest BCUT2D eigenvalue weighted by Gasteiger charge is 2.06. The number of aromatic nitrogens is 1. The molecular formula is C14H12INO3. The minimum Gasteiger partial charge on any atom is -0.486 e. The number of ether oxygens (including phenoxy) is 2. The van der Waals surface area contributed by atoms with E-state index in [0.29, 0.717) is 12.2 Å². The van der Waals surface area contributed by atoms with E-state index < -0.39 is 5.97 Å². The molecule has 0 saturated heterocycles. The fraction of sp³-hybridized carbons (Fsp3) is 0.143. The molecule has 0 aliphatic rings. The first-order chi connectivity index (χ1) is 9.20. The molecule has 2 aromatic rings. The van der Waals surface area contributed by atoms with Crippen molar-refractivity contribution in [2.75, 3.05) is 7.11 Å². The van der Waals surface area contributed by atoms with Crippen molar-refractivity contribution >= 4 is 28.6 Å². The smallest absolute Gasteiger partial charge is 0.339 e. The maximum atomic E-state index is 11.3. The van der Waals surface area contributed by atoms with Crippen LogP contribution in [0.1, 0.15) is 16.1 Å². The number of esters is 1. The number of carbonyl (C=O) groups is 1. The summed E-state index contributed by atoms with van der Waals surface area (Å²) in [4.78, 5) is 15.4. The lowest BCUT2D eigenvalue weighted by molar-refractivity contribution is 0.0600. The van der Waals surface area contributed by atoms with Gasteiger partial charge in [0.1, 0.15) is 12.4 Å². The lowest BCUT2D eigenvalue weighted by Crippen LogP contribution is -2.04. The zero-order chi connectivity index (χ0) is 13.7. The monoisotopic (exact) mass is 369 g/mol. The quantitative estimate of drug-likeness (QED) is 0.614. The number of hydrogen-bond acceptors (Lipinski definition) is 4. The summed E-state index contributed by atoms with van der Waals surface area (Å²) in [7, 11) is 1.34. The second kappa shape index (κ2) is 6.51. The number of rotatable bonds is 4. The molecule has 0 fully saturated rings. The highest BCUT2D eigenvalue weighted by molar-refractivity contribution is 14.1. The summed E-state index contributed by atoms with van der Waals surface area (Å²) < 4.78 is 11.3. The van der Waals surface area contributed by atoms with Gasteiger partial charge in [-0.25, -0.2) is 4.79 Å². The van der Waals surface area contributed by atoms with E-state index >= 15 is 0 Å². The van der Waals surface area contributed by atoms with Gasteiger partial charge in [0.05, 0.1) is 21.9 Å². The van der Waals surface area contributed by atoms with E-state index in [-0.39, 0.29) is 0 Å². The van der Waals surface area contributed by atoms with Crippen molar-refractivity contribution < 1.29 is 14.3 Å². The molecule has 98 valence electrons. The third kappa shape index (κ3) is 3.66. The average molecular weight is 369 g/mol. The Balaban J connectivity index is 2.01. The van der Waals surface area contributed by atoms with Gasteiger partial charge in [-0.2, -0.15) is 0 Å². The molecule has 0 N–H and O–H groups in total. The molecule has 0 spiro atoms. The molecule has 0 aliphatic carbocycles. The molecule has 0 radical (unpaired) electrons. The lowest BCUT2D eigenvalue weighted by Gasteiger charge is -2.07. The van der Waals surface area contributed by atoms with Gasteiger partial charge >= 0.3 is 5.97 Å². The summed E-state index contributed by atoms with van der Waals surface area (Å²) in [6.45, 7) is 0.363. The van der Waals surface area contributed by atoms with Gasteiger partial charge in [0.25, 0.3) is 0 Å². The second-order valence-electron chi connectivity index (χ2n) is 3.75. The van der Waals surface area contributed by atoms with Crippen molar-refractivity contribution in [1.29, 1.82) is 0 Å². The molecular weight excluding hydrogens is 357 g/mol. The van der Waals surface area contributed by atoms with Crippen LogP contribution in [0.15, 0.2) is 42.6 Å². The van der Waals surface area contributed by atoms with Crippen LogP contribution < -0.4 is 4.74 Å². The molecule has 0 saturated carbocycles. The predicted molar refractivity (Wildman–Crippen MR) is 79.1 cm³/mol. The molecule has 1 heterocycles. The van der Waals surface area contributed by atoms with Crippen LogP contribution >= 0.6 is 22.6 Å². The van der Waals surface area contributed by atoms with Gasteiger partial charge in [-0.15, -0.1) is 0 Å². The minimum absolute atomic E-state index is 0.363. The number of methoxy groups -OCH3 is 1. The van der Waals surface area contributed by atoms with Crippen LogP contribution in [0.2, 0.25) is 0 Å². The maximum absolute atomic E-state index is 11.3. The average Bonchev–Trinajstić information content (AvgIpc) is 2.46. The molecule has 0 amide bonds. The maximum Gasteiger partial charge on any atom is 0.339 e. The molecule has 0 bridgehead atoms. The van der Waals surface area contributed by atoms with Crippen LogP contribution in [0, 0.1) is 3.57 Å². The molecule has 1 aromatic heterocycles. The van der Waals surface area contributed by atoms with Crippen molar-refractivity contribution in [3.63, 3.8) is 0 Å². The Morgan fingerprint density at radius 3 is 2.68 bits per heavy atom. The molecule has 5 heteroatoms. The molecule has 0 aliphatic heterocycles. The van der Waals surface area contributed by atoms with Gasteiger partial charge < -0.3 is 9.47 Å². The first-order valence-corrected chi connectivity index (χ1v) is 6.69. The van der Waals surface area contributed by atoms with E-state index in [0.717, 1.165) is 15.0 Å². The highest BCUT2D eigenvalue weighted by atomic mass is 127. The zero-order valence-corrected chi connectivity index (χ0v) is 12.5. The number of nitrogens with zero attached hydrogens (tertiary/aromatic N) is 1. The second-order valence-corrected chi connectivity index (χ2v) is 4.91. The largest absolute Gasteiger partial charge is 0.486 e. The van der Waals surface area contributed by atoms with Gasteiger partial charge in [0, 0.05) is 6.20 Å². The summed E-state index contributed by atoms with van der Waals surface area (Å²) in [5.41, 5.74) is 1.19. The number of carbonyl (C=O) groups excluding carboxylic acids is 1. The van der Waals surface area contributed by atoms with Gasteiger partial charge in [-0.1, -0.05) is 12.1 Å². The standard InChI is InChI=1S/C14H12INO3/c1-18-14(17)10-6-7-11(16-8-10)9-19-13-5-3-2-4-12(13)15/h2-8H,9H2,1H3. The van der Waals surface area contributed by atoms with E-state index in [1.807, 2.05) is 24.3 Å². The topological polar surface area (TPSA) is 48.4 Å². The van der Waals surface area contributed by atoms with E-state index in [1.165, 1.54) is 13.3 Å². The van der Waals surface area contributed by atoms with E-state index in [1.54, 1.807) is 12.1 Å². The Bertz CT molecular complexity index is 569. The lowest BCUT2D eigenvalue weighted by atomic mass is 10.2. The fourth-order valence-electron chi connectivity index (χ4n) is 1.46. The van der Waals surface area contributed by atoms with Crippen LogP contribution in [0.3, 0.4) is 0 Å². The molecule has 1 aromatic carbocycles. The van der Waals surface area contributed by atoms with E-state index in [9.17, 15) is 4.79 Å². The Kier molecular flexibility index (Phi) is 4.73. The normalized spacial score (nSPS) is 10.0. The zero-order valence-electron chi connectivity index (χ0n) is 10.3. The van der Waals surface area contributed by atoms with Crippen molar-refractivity contribution in [1.82, 2.24) is 4.98 Å². The van der Waals surface area contributed by atoms with Crippen LogP contribution in [0.5, 0.6) is 5.75 Å². The molecule has 0 unspecified atom stereocenters. The molecule has 2 rings (SSSR count). The summed E-state index contributed by atoms with van der Waals surface area (Å²) in [5.74, 6) is 0.430. The number of halogens is 1. The number of hydrogen-bond donors (Lipinski definition) is 0. The Morgan fingerprint density at radius 1 is 1.26 bits per heavy atom. The summed E-state index contributed by atoms with van der Waals surface area (Å²) in [6.07, 6.45) is 1.49. The number of para-hydroxylation sites is 1. The first kappa shape index (κ1) is 13.8. The van der Waals surface area contributed by atoms with Crippen molar-refractivity contribution in [3.8, 4) is 5.75 Å². The third-order valence-electron chi connectivity index (χ3n) is 2.46.